The molecule has 6 heteroatoms. The van der Waals surface area contributed by atoms with Crippen molar-refractivity contribution in [1.82, 2.24) is 5.32 Å². The minimum absolute atomic E-state index is 0.0888. The molecule has 0 aromatic heterocycles. The number of benzene rings is 1. The fraction of sp³-hybridized carbons (Fsp3) is 0.467. The molecule has 0 aliphatic rings. The van der Waals surface area contributed by atoms with Crippen molar-refractivity contribution < 1.29 is 19.1 Å². The summed E-state index contributed by atoms with van der Waals surface area (Å²) < 4.78 is 9.90. The van der Waals surface area contributed by atoms with E-state index in [1.54, 1.807) is 45.0 Å². The molecule has 1 atom stereocenters. The van der Waals surface area contributed by atoms with E-state index in [1.807, 2.05) is 0 Å². The topological polar surface area (TPSA) is 90.6 Å². The van der Waals surface area contributed by atoms with Crippen molar-refractivity contribution in [2.24, 2.45) is 0 Å². The lowest BCUT2D eigenvalue weighted by atomic mass is 9.99. The molecule has 3 N–H and O–H groups in total. The molecule has 0 saturated carbocycles. The van der Waals surface area contributed by atoms with Gasteiger partial charge in [-0.1, -0.05) is 12.1 Å². The number of methoxy groups -OCH3 is 1. The van der Waals surface area contributed by atoms with Crippen LogP contribution in [0.15, 0.2) is 24.3 Å². The van der Waals surface area contributed by atoms with Crippen molar-refractivity contribution >= 4 is 17.7 Å². The summed E-state index contributed by atoms with van der Waals surface area (Å²) in [6.07, 6.45) is -0.577. The summed E-state index contributed by atoms with van der Waals surface area (Å²) in [5, 5.41) is 2.57. The summed E-state index contributed by atoms with van der Waals surface area (Å²) in [7, 11) is 1.31. The van der Waals surface area contributed by atoms with Gasteiger partial charge in [0.2, 0.25) is 0 Å². The maximum atomic E-state index is 11.8. The van der Waals surface area contributed by atoms with Crippen molar-refractivity contribution in [2.75, 3.05) is 19.4 Å². The Morgan fingerprint density at radius 2 is 1.81 bits per heavy atom. The summed E-state index contributed by atoms with van der Waals surface area (Å²) in [5.41, 5.74) is 6.34. The molecule has 1 aromatic carbocycles. The molecule has 0 aliphatic carbocycles. The lowest BCUT2D eigenvalue weighted by molar-refractivity contribution is -0.142. The van der Waals surface area contributed by atoms with E-state index in [-0.39, 0.29) is 6.54 Å². The summed E-state index contributed by atoms with van der Waals surface area (Å²) in [4.78, 5) is 23.5. The zero-order chi connectivity index (χ0) is 16.0. The van der Waals surface area contributed by atoms with Crippen LogP contribution in [0.25, 0.3) is 0 Å². The smallest absolute Gasteiger partial charge is 0.407 e. The molecule has 0 radical (unpaired) electrons. The summed E-state index contributed by atoms with van der Waals surface area (Å²) in [5.74, 6) is -1.04. The highest BCUT2D eigenvalue weighted by Crippen LogP contribution is 2.18. The van der Waals surface area contributed by atoms with Gasteiger partial charge in [0.25, 0.3) is 0 Å². The SMILES string of the molecule is COC(=O)C(CNC(=O)OC(C)(C)C)c1ccc(N)cc1. The highest BCUT2D eigenvalue weighted by Gasteiger charge is 2.23. The van der Waals surface area contributed by atoms with Gasteiger partial charge in [0, 0.05) is 12.2 Å². The predicted molar refractivity (Wildman–Crippen MR) is 79.8 cm³/mol. The van der Waals surface area contributed by atoms with E-state index in [0.717, 1.165) is 0 Å². The molecule has 0 heterocycles. The molecule has 0 fully saturated rings. The molecule has 1 aromatic rings. The van der Waals surface area contributed by atoms with Crippen LogP contribution in [-0.2, 0) is 14.3 Å². The highest BCUT2D eigenvalue weighted by atomic mass is 16.6. The van der Waals surface area contributed by atoms with Crippen LogP contribution in [0.1, 0.15) is 32.3 Å². The van der Waals surface area contributed by atoms with Crippen LogP contribution in [0.3, 0.4) is 0 Å². The fourth-order valence-electron chi connectivity index (χ4n) is 1.71. The van der Waals surface area contributed by atoms with Gasteiger partial charge in [0.1, 0.15) is 5.60 Å². The van der Waals surface area contributed by atoms with Gasteiger partial charge in [0.05, 0.1) is 13.0 Å². The first kappa shape index (κ1) is 16.8. The van der Waals surface area contributed by atoms with Crippen LogP contribution in [0.4, 0.5) is 10.5 Å². The minimum atomic E-state index is -0.608. The van der Waals surface area contributed by atoms with E-state index in [2.05, 4.69) is 5.32 Å². The molecule has 6 nitrogen and oxygen atoms in total. The first-order chi connectivity index (χ1) is 9.73. The van der Waals surface area contributed by atoms with Crippen LogP contribution in [-0.4, -0.2) is 31.3 Å². The number of ether oxygens (including phenoxy) is 2. The monoisotopic (exact) mass is 294 g/mol. The third kappa shape index (κ3) is 5.72. The molecule has 1 rings (SSSR count). The lowest BCUT2D eigenvalue weighted by Crippen LogP contribution is -2.36. The van der Waals surface area contributed by atoms with Crippen molar-refractivity contribution in [3.63, 3.8) is 0 Å². The Balaban J connectivity index is 2.74. The Bertz CT molecular complexity index is 491. The van der Waals surface area contributed by atoms with E-state index in [0.29, 0.717) is 11.3 Å². The van der Waals surface area contributed by atoms with E-state index in [4.69, 9.17) is 15.2 Å². The Labute approximate surface area is 124 Å². The molecule has 0 aliphatic heterocycles. The predicted octanol–water partition coefficient (Wildman–Crippen LogP) is 2.05. The van der Waals surface area contributed by atoms with E-state index in [9.17, 15) is 9.59 Å². The van der Waals surface area contributed by atoms with Crippen molar-refractivity contribution in [3.05, 3.63) is 29.8 Å². The zero-order valence-corrected chi connectivity index (χ0v) is 12.8. The first-order valence-corrected chi connectivity index (χ1v) is 6.63. The number of amides is 1. The van der Waals surface area contributed by atoms with Crippen LogP contribution in [0, 0.1) is 0 Å². The fourth-order valence-corrected chi connectivity index (χ4v) is 1.71. The Kier molecular flexibility index (Phi) is 5.58. The van der Waals surface area contributed by atoms with E-state index < -0.39 is 23.6 Å². The number of nitrogens with one attached hydrogen (secondary N) is 1. The number of carbonyl (C=O) groups excluding carboxylic acids is 2. The first-order valence-electron chi connectivity index (χ1n) is 6.63. The average molecular weight is 294 g/mol. The van der Waals surface area contributed by atoms with Crippen LogP contribution in [0.5, 0.6) is 0 Å². The molecular formula is C15H22N2O4. The van der Waals surface area contributed by atoms with Gasteiger partial charge in [-0.15, -0.1) is 0 Å². The molecule has 0 saturated heterocycles. The van der Waals surface area contributed by atoms with Gasteiger partial charge in [0.15, 0.2) is 0 Å². The zero-order valence-electron chi connectivity index (χ0n) is 12.8. The number of carbonyl (C=O) groups is 2. The number of anilines is 1. The van der Waals surface area contributed by atoms with Gasteiger partial charge < -0.3 is 20.5 Å². The average Bonchev–Trinajstić information content (AvgIpc) is 2.38. The summed E-state index contributed by atoms with van der Waals surface area (Å²) in [6.45, 7) is 5.39. The van der Waals surface area contributed by atoms with Crippen molar-refractivity contribution in [3.8, 4) is 0 Å². The van der Waals surface area contributed by atoms with Gasteiger partial charge in [-0.2, -0.15) is 0 Å². The number of esters is 1. The number of nitrogen functional groups attached to an aromatic ring is 1. The normalized spacial score (nSPS) is 12.4. The van der Waals surface area contributed by atoms with Crippen LogP contribution >= 0.6 is 0 Å². The molecular weight excluding hydrogens is 272 g/mol. The maximum absolute atomic E-state index is 11.8. The van der Waals surface area contributed by atoms with Gasteiger partial charge in [-0.25, -0.2) is 4.79 Å². The lowest BCUT2D eigenvalue weighted by Gasteiger charge is -2.21. The van der Waals surface area contributed by atoms with Gasteiger partial charge in [-0.05, 0) is 38.5 Å². The van der Waals surface area contributed by atoms with E-state index in [1.165, 1.54) is 7.11 Å². The molecule has 21 heavy (non-hydrogen) atoms. The Morgan fingerprint density at radius 1 is 1.24 bits per heavy atom. The van der Waals surface area contributed by atoms with E-state index >= 15 is 0 Å². The quantitative estimate of drug-likeness (QED) is 0.655. The summed E-state index contributed by atoms with van der Waals surface area (Å²) >= 11 is 0. The van der Waals surface area contributed by atoms with Crippen LogP contribution < -0.4 is 11.1 Å². The minimum Gasteiger partial charge on any atom is -0.468 e. The third-order valence-electron chi connectivity index (χ3n) is 2.67. The molecule has 116 valence electrons. The maximum Gasteiger partial charge on any atom is 0.407 e. The second-order valence-corrected chi connectivity index (χ2v) is 5.63. The number of hydrogen-bond donors (Lipinski definition) is 2. The number of rotatable bonds is 4. The standard InChI is InChI=1S/C15H22N2O4/c1-15(2,3)21-14(19)17-9-12(13(18)20-4)10-5-7-11(16)8-6-10/h5-8,12H,9,16H2,1-4H3,(H,17,19). The Hall–Kier alpha value is -2.24. The molecule has 0 spiro atoms. The van der Waals surface area contributed by atoms with Crippen molar-refractivity contribution in [2.45, 2.75) is 32.3 Å². The third-order valence-corrected chi connectivity index (χ3v) is 2.67. The van der Waals surface area contributed by atoms with Gasteiger partial charge in [-0.3, -0.25) is 4.79 Å². The van der Waals surface area contributed by atoms with Crippen molar-refractivity contribution in [1.29, 1.82) is 0 Å². The number of alkyl carbamates (subject to hydrolysis) is 1. The summed E-state index contributed by atoms with van der Waals surface area (Å²) in [6, 6.07) is 6.85. The second-order valence-electron chi connectivity index (χ2n) is 5.63. The number of nitrogens with two attached hydrogens (primary N) is 1. The Morgan fingerprint density at radius 3 is 2.29 bits per heavy atom. The van der Waals surface area contributed by atoms with Crippen LogP contribution in [0.2, 0.25) is 0 Å². The van der Waals surface area contributed by atoms with Gasteiger partial charge >= 0.3 is 12.1 Å². The molecule has 1 amide bonds. The highest BCUT2D eigenvalue weighted by molar-refractivity contribution is 5.79. The molecule has 0 bridgehead atoms. The second kappa shape index (κ2) is 6.97. The number of hydrogen-bond acceptors (Lipinski definition) is 5. The largest absolute Gasteiger partial charge is 0.468 e. The molecule has 1 unspecified atom stereocenters.